The molecule has 1 fully saturated rings. The van der Waals surface area contributed by atoms with E-state index in [0.717, 1.165) is 49.3 Å². The molecule has 0 unspecified atom stereocenters. The Hall–Kier alpha value is -1.44. The summed E-state index contributed by atoms with van der Waals surface area (Å²) in [5, 5.41) is 11.3. The molecule has 1 atom stereocenters. The van der Waals surface area contributed by atoms with Crippen molar-refractivity contribution in [2.24, 2.45) is 17.4 Å². The van der Waals surface area contributed by atoms with E-state index in [4.69, 9.17) is 22.3 Å². The SMILES string of the molecule is CCO.Cc1ccc(N)c(/C=C(\CN2CCC(N[C@H](C)C(C)C)CC2)C(N)N)c1. The number of rotatable bonds is 7. The molecule has 1 aromatic rings. The predicted octanol–water partition coefficient (Wildman–Crippen LogP) is 2.30. The van der Waals surface area contributed by atoms with Crippen LogP contribution in [0.4, 0.5) is 5.69 Å². The van der Waals surface area contributed by atoms with Crippen LogP contribution in [-0.4, -0.2) is 54.5 Å². The van der Waals surface area contributed by atoms with Crippen LogP contribution < -0.4 is 22.5 Å². The minimum atomic E-state index is -0.466. The number of nitrogens with two attached hydrogens (primary N) is 3. The standard InChI is InChI=1S/C21H37N5.C2H6O/c1-14(2)16(4)25-19-7-9-26(10-8-19)13-18(21(23)24)12-17-11-15(3)5-6-20(17)22;1-2-3/h5-6,11-12,14,16,19,21,25H,7-10,13,22-24H2,1-4H3;3H,2H2,1H3/b18-12+;/t16-;/m1./s1. The molecule has 1 aliphatic rings. The highest BCUT2D eigenvalue weighted by Gasteiger charge is 2.22. The Kier molecular flexibility index (Phi) is 11.5. The number of hydrogen-bond donors (Lipinski definition) is 5. The van der Waals surface area contributed by atoms with Crippen molar-refractivity contribution in [2.75, 3.05) is 32.0 Å². The Morgan fingerprint density at radius 2 is 1.83 bits per heavy atom. The predicted molar refractivity (Wildman–Crippen MR) is 125 cm³/mol. The van der Waals surface area contributed by atoms with E-state index in [9.17, 15) is 0 Å². The van der Waals surface area contributed by atoms with Gasteiger partial charge in [0, 0.05) is 30.9 Å². The van der Waals surface area contributed by atoms with E-state index in [1.807, 2.05) is 12.1 Å². The lowest BCUT2D eigenvalue weighted by atomic mass is 9.99. The van der Waals surface area contributed by atoms with E-state index in [2.05, 4.69) is 50.1 Å². The fourth-order valence-corrected chi connectivity index (χ4v) is 3.35. The Bertz CT molecular complexity index is 622. The molecular weight excluding hydrogens is 362 g/mol. The van der Waals surface area contributed by atoms with E-state index in [0.29, 0.717) is 18.0 Å². The smallest absolute Gasteiger partial charge is 0.0759 e. The first-order chi connectivity index (χ1) is 13.7. The largest absolute Gasteiger partial charge is 0.398 e. The number of piperidine rings is 1. The zero-order valence-corrected chi connectivity index (χ0v) is 19.0. The van der Waals surface area contributed by atoms with Gasteiger partial charge in [-0.15, -0.1) is 0 Å². The van der Waals surface area contributed by atoms with Crippen LogP contribution in [0.3, 0.4) is 0 Å². The zero-order valence-electron chi connectivity index (χ0n) is 19.0. The lowest BCUT2D eigenvalue weighted by Gasteiger charge is -2.35. The molecule has 2 rings (SSSR count). The van der Waals surface area contributed by atoms with Crippen LogP contribution in [-0.2, 0) is 0 Å². The van der Waals surface area contributed by atoms with Crippen molar-refractivity contribution in [1.82, 2.24) is 10.2 Å². The maximum absolute atomic E-state index is 7.57. The van der Waals surface area contributed by atoms with E-state index in [1.165, 1.54) is 5.56 Å². The molecule has 0 saturated carbocycles. The van der Waals surface area contributed by atoms with Gasteiger partial charge in [0.2, 0.25) is 0 Å². The van der Waals surface area contributed by atoms with Gasteiger partial charge in [-0.05, 0) is 82.0 Å². The molecule has 0 aromatic heterocycles. The fraction of sp³-hybridized carbons (Fsp3) is 0.652. The van der Waals surface area contributed by atoms with Crippen LogP contribution in [0.2, 0.25) is 0 Å². The first-order valence-electron chi connectivity index (χ1n) is 10.8. The highest BCUT2D eigenvalue weighted by molar-refractivity contribution is 5.67. The average Bonchev–Trinajstić information content (AvgIpc) is 2.66. The third-order valence-corrected chi connectivity index (χ3v) is 5.50. The summed E-state index contributed by atoms with van der Waals surface area (Å²) in [7, 11) is 0. The molecule has 166 valence electrons. The summed E-state index contributed by atoms with van der Waals surface area (Å²) in [5.74, 6) is 0.664. The maximum Gasteiger partial charge on any atom is 0.0759 e. The number of aliphatic hydroxyl groups is 1. The number of anilines is 1. The molecule has 29 heavy (non-hydrogen) atoms. The molecule has 0 amide bonds. The summed E-state index contributed by atoms with van der Waals surface area (Å²) in [6, 6.07) is 7.21. The lowest BCUT2D eigenvalue weighted by molar-refractivity contribution is 0.196. The van der Waals surface area contributed by atoms with Gasteiger partial charge < -0.3 is 27.6 Å². The van der Waals surface area contributed by atoms with Crippen molar-refractivity contribution in [1.29, 1.82) is 0 Å². The number of nitrogens with one attached hydrogen (secondary N) is 1. The summed E-state index contributed by atoms with van der Waals surface area (Å²) >= 11 is 0. The minimum Gasteiger partial charge on any atom is -0.398 e. The van der Waals surface area contributed by atoms with Gasteiger partial charge in [-0.3, -0.25) is 4.90 Å². The second-order valence-corrected chi connectivity index (χ2v) is 8.44. The third-order valence-electron chi connectivity index (χ3n) is 5.50. The van der Waals surface area contributed by atoms with Gasteiger partial charge in [0.15, 0.2) is 0 Å². The van der Waals surface area contributed by atoms with Crippen molar-refractivity contribution >= 4 is 11.8 Å². The summed E-state index contributed by atoms with van der Waals surface area (Å²) in [4.78, 5) is 2.45. The summed E-state index contributed by atoms with van der Waals surface area (Å²) in [6.45, 7) is 13.7. The second-order valence-electron chi connectivity index (χ2n) is 8.44. The van der Waals surface area contributed by atoms with Crippen molar-refractivity contribution in [3.63, 3.8) is 0 Å². The Labute approximate surface area is 177 Å². The number of likely N-dealkylation sites (tertiary alicyclic amines) is 1. The van der Waals surface area contributed by atoms with Gasteiger partial charge in [-0.25, -0.2) is 0 Å². The van der Waals surface area contributed by atoms with Gasteiger partial charge in [-0.1, -0.05) is 25.5 Å². The van der Waals surface area contributed by atoms with Gasteiger partial charge >= 0.3 is 0 Å². The summed E-state index contributed by atoms with van der Waals surface area (Å²) < 4.78 is 0. The third kappa shape index (κ3) is 9.28. The number of nitrogen functional groups attached to an aromatic ring is 1. The van der Waals surface area contributed by atoms with Crippen LogP contribution in [0.25, 0.3) is 6.08 Å². The van der Waals surface area contributed by atoms with Crippen molar-refractivity contribution in [3.05, 3.63) is 34.9 Å². The van der Waals surface area contributed by atoms with E-state index >= 15 is 0 Å². The highest BCUT2D eigenvalue weighted by atomic mass is 16.2. The number of aryl methyl sites for hydroxylation is 1. The Morgan fingerprint density at radius 1 is 1.24 bits per heavy atom. The van der Waals surface area contributed by atoms with Crippen LogP contribution in [0.1, 0.15) is 51.7 Å². The molecule has 0 bridgehead atoms. The Morgan fingerprint density at radius 3 is 2.34 bits per heavy atom. The molecule has 6 heteroatoms. The summed E-state index contributed by atoms with van der Waals surface area (Å²) in [5.41, 5.74) is 22.2. The summed E-state index contributed by atoms with van der Waals surface area (Å²) in [6.07, 6.45) is 3.93. The molecule has 1 saturated heterocycles. The number of hydrogen-bond acceptors (Lipinski definition) is 6. The average molecular weight is 406 g/mol. The molecule has 8 N–H and O–H groups in total. The maximum atomic E-state index is 7.57. The molecule has 1 heterocycles. The molecular formula is C23H43N5O. The molecule has 6 nitrogen and oxygen atoms in total. The quantitative estimate of drug-likeness (QED) is 0.351. The first kappa shape index (κ1) is 25.6. The van der Waals surface area contributed by atoms with Crippen LogP contribution in [0, 0.1) is 12.8 Å². The Balaban J connectivity index is 0.00000132. The van der Waals surface area contributed by atoms with Gasteiger partial charge in [0.1, 0.15) is 0 Å². The molecule has 0 radical (unpaired) electrons. The number of benzene rings is 1. The zero-order chi connectivity index (χ0) is 22.0. The lowest BCUT2D eigenvalue weighted by Crippen LogP contribution is -2.48. The molecule has 0 aliphatic carbocycles. The molecule has 1 aliphatic heterocycles. The monoisotopic (exact) mass is 405 g/mol. The molecule has 0 spiro atoms. The number of aliphatic hydroxyl groups excluding tert-OH is 1. The highest BCUT2D eigenvalue weighted by Crippen LogP contribution is 2.20. The normalized spacial score (nSPS) is 17.4. The molecule has 1 aromatic carbocycles. The van der Waals surface area contributed by atoms with Crippen molar-refractivity contribution in [2.45, 2.75) is 65.7 Å². The van der Waals surface area contributed by atoms with Crippen molar-refractivity contribution in [3.8, 4) is 0 Å². The van der Waals surface area contributed by atoms with Gasteiger partial charge in [0.25, 0.3) is 0 Å². The van der Waals surface area contributed by atoms with E-state index in [-0.39, 0.29) is 6.61 Å². The fourth-order valence-electron chi connectivity index (χ4n) is 3.35. The number of nitrogens with zero attached hydrogens (tertiary/aromatic N) is 1. The first-order valence-corrected chi connectivity index (χ1v) is 10.8. The van der Waals surface area contributed by atoms with Crippen LogP contribution >= 0.6 is 0 Å². The van der Waals surface area contributed by atoms with E-state index < -0.39 is 6.17 Å². The van der Waals surface area contributed by atoms with Crippen LogP contribution in [0.5, 0.6) is 0 Å². The topological polar surface area (TPSA) is 114 Å². The van der Waals surface area contributed by atoms with E-state index in [1.54, 1.807) is 6.92 Å². The van der Waals surface area contributed by atoms with Gasteiger partial charge in [0.05, 0.1) is 6.17 Å². The van der Waals surface area contributed by atoms with Gasteiger partial charge in [-0.2, -0.15) is 0 Å². The van der Waals surface area contributed by atoms with Crippen molar-refractivity contribution < 1.29 is 5.11 Å². The second kappa shape index (κ2) is 13.0. The van der Waals surface area contributed by atoms with Crippen LogP contribution in [0.15, 0.2) is 23.8 Å². The minimum absolute atomic E-state index is 0.250.